The van der Waals surface area contributed by atoms with Crippen molar-refractivity contribution in [1.29, 1.82) is 0 Å². The fourth-order valence-corrected chi connectivity index (χ4v) is 2.00. The minimum Gasteiger partial charge on any atom is -0.465 e. The van der Waals surface area contributed by atoms with Crippen molar-refractivity contribution in [2.45, 2.75) is 39.0 Å². The monoisotopic (exact) mass is 288 g/mol. The lowest BCUT2D eigenvalue weighted by atomic mass is 10.1. The zero-order chi connectivity index (χ0) is 12.0. The average Bonchev–Trinajstić information content (AvgIpc) is 2.65. The maximum Gasteiger partial charge on any atom is 0.341 e. The molecule has 0 saturated carbocycles. The molecule has 0 unspecified atom stereocenters. The third-order valence-electron chi connectivity index (χ3n) is 2.44. The van der Waals surface area contributed by atoms with Crippen molar-refractivity contribution in [3.8, 4) is 0 Å². The summed E-state index contributed by atoms with van der Waals surface area (Å²) < 4.78 is 10.7. The minimum absolute atomic E-state index is 0.333. The van der Waals surface area contributed by atoms with E-state index in [9.17, 15) is 4.79 Å². The van der Waals surface area contributed by atoms with Gasteiger partial charge in [0.25, 0.3) is 0 Å². The fourth-order valence-electron chi connectivity index (χ4n) is 1.58. The molecule has 0 spiro atoms. The van der Waals surface area contributed by atoms with Gasteiger partial charge in [0.2, 0.25) is 0 Å². The van der Waals surface area contributed by atoms with Crippen LogP contribution in [0.2, 0.25) is 0 Å². The van der Waals surface area contributed by atoms with Gasteiger partial charge in [-0.1, -0.05) is 26.2 Å². The predicted octanol–water partition coefficient (Wildman–Crippen LogP) is 3.95. The summed E-state index contributed by atoms with van der Waals surface area (Å²) in [6.45, 7) is 2.17. The molecule has 0 atom stereocenters. The Labute approximate surface area is 104 Å². The van der Waals surface area contributed by atoms with Crippen molar-refractivity contribution in [1.82, 2.24) is 0 Å². The van der Waals surface area contributed by atoms with Crippen molar-refractivity contribution >= 4 is 21.9 Å². The van der Waals surface area contributed by atoms with Gasteiger partial charge in [-0.25, -0.2) is 4.79 Å². The van der Waals surface area contributed by atoms with Crippen LogP contribution in [0, 0.1) is 0 Å². The van der Waals surface area contributed by atoms with Crippen LogP contribution in [0.4, 0.5) is 0 Å². The number of esters is 1. The number of halogens is 1. The van der Waals surface area contributed by atoms with Crippen molar-refractivity contribution in [2.24, 2.45) is 0 Å². The lowest BCUT2D eigenvalue weighted by Crippen LogP contribution is -2.02. The molecule has 0 N–H and O–H groups in total. The minimum atomic E-state index is -0.333. The van der Waals surface area contributed by atoms with Gasteiger partial charge in [0.05, 0.1) is 7.11 Å². The topological polar surface area (TPSA) is 39.4 Å². The van der Waals surface area contributed by atoms with Crippen LogP contribution < -0.4 is 0 Å². The van der Waals surface area contributed by atoms with Crippen molar-refractivity contribution in [3.05, 3.63) is 22.1 Å². The quantitative estimate of drug-likeness (QED) is 0.588. The number of methoxy groups -OCH3 is 1. The van der Waals surface area contributed by atoms with Crippen LogP contribution in [0.1, 0.15) is 48.7 Å². The molecular weight excluding hydrogens is 272 g/mol. The van der Waals surface area contributed by atoms with E-state index in [-0.39, 0.29) is 5.97 Å². The second kappa shape index (κ2) is 6.74. The lowest BCUT2D eigenvalue weighted by molar-refractivity contribution is 0.0598. The molecule has 0 bridgehead atoms. The number of hydrogen-bond acceptors (Lipinski definition) is 3. The van der Waals surface area contributed by atoms with Gasteiger partial charge in [-0.15, -0.1) is 0 Å². The van der Waals surface area contributed by atoms with E-state index in [1.54, 1.807) is 6.07 Å². The van der Waals surface area contributed by atoms with Crippen molar-refractivity contribution in [2.75, 3.05) is 7.11 Å². The number of unbranched alkanes of at least 4 members (excludes halogenated alkanes) is 3. The maximum atomic E-state index is 11.4. The number of hydrogen-bond donors (Lipinski definition) is 0. The molecule has 3 nitrogen and oxygen atoms in total. The molecule has 4 heteroatoms. The summed E-state index contributed by atoms with van der Waals surface area (Å²) in [6.07, 6.45) is 5.41. The molecule has 0 aliphatic heterocycles. The van der Waals surface area contributed by atoms with Gasteiger partial charge in [-0.3, -0.25) is 0 Å². The Morgan fingerprint density at radius 1 is 1.44 bits per heavy atom. The van der Waals surface area contributed by atoms with Crippen LogP contribution in [0.15, 0.2) is 15.2 Å². The Balaban J connectivity index is 2.60. The molecule has 0 radical (unpaired) electrons. The first-order chi connectivity index (χ1) is 7.69. The first-order valence-electron chi connectivity index (χ1n) is 5.55. The van der Waals surface area contributed by atoms with Crippen molar-refractivity contribution in [3.63, 3.8) is 0 Å². The summed E-state index contributed by atoms with van der Waals surface area (Å²) in [5.41, 5.74) is 0.533. The van der Waals surface area contributed by atoms with E-state index < -0.39 is 0 Å². The van der Waals surface area contributed by atoms with Crippen LogP contribution in [0.5, 0.6) is 0 Å². The van der Waals surface area contributed by atoms with E-state index in [2.05, 4.69) is 22.9 Å². The zero-order valence-corrected chi connectivity index (χ0v) is 11.3. The van der Waals surface area contributed by atoms with Crippen LogP contribution in [-0.2, 0) is 11.2 Å². The van der Waals surface area contributed by atoms with Gasteiger partial charge >= 0.3 is 5.97 Å². The smallest absolute Gasteiger partial charge is 0.341 e. The van der Waals surface area contributed by atoms with Gasteiger partial charge in [-0.05, 0) is 22.4 Å². The van der Waals surface area contributed by atoms with E-state index in [1.165, 1.54) is 20.0 Å². The van der Waals surface area contributed by atoms with Gasteiger partial charge in [0.15, 0.2) is 4.67 Å². The van der Waals surface area contributed by atoms with Crippen LogP contribution in [0.25, 0.3) is 0 Å². The van der Waals surface area contributed by atoms with Crippen molar-refractivity contribution < 1.29 is 13.9 Å². The summed E-state index contributed by atoms with van der Waals surface area (Å²) in [5.74, 6) is 0.384. The molecule has 0 aliphatic rings. The Bertz CT molecular complexity index is 344. The summed E-state index contributed by atoms with van der Waals surface area (Å²) in [5, 5.41) is 0. The maximum absolute atomic E-state index is 11.4. The highest BCUT2D eigenvalue weighted by atomic mass is 79.9. The number of ether oxygens (including phenoxy) is 1. The summed E-state index contributed by atoms with van der Waals surface area (Å²) in [7, 11) is 1.38. The largest absolute Gasteiger partial charge is 0.465 e. The highest BCUT2D eigenvalue weighted by molar-refractivity contribution is 9.10. The van der Waals surface area contributed by atoms with E-state index in [4.69, 9.17) is 9.15 Å². The van der Waals surface area contributed by atoms with Gasteiger partial charge < -0.3 is 9.15 Å². The highest BCUT2D eigenvalue weighted by Gasteiger charge is 2.16. The Hall–Kier alpha value is -0.770. The molecule has 1 aromatic rings. The number of carbonyl (C=O) groups is 1. The van der Waals surface area contributed by atoms with Crippen LogP contribution in [-0.4, -0.2) is 13.1 Å². The first kappa shape index (κ1) is 13.3. The van der Waals surface area contributed by atoms with E-state index in [0.29, 0.717) is 10.2 Å². The highest BCUT2D eigenvalue weighted by Crippen LogP contribution is 2.23. The predicted molar refractivity (Wildman–Crippen MR) is 65.6 cm³/mol. The SMILES string of the molecule is CCCCCCc1oc(Br)cc1C(=O)OC. The van der Waals surface area contributed by atoms with E-state index in [0.717, 1.165) is 25.0 Å². The normalized spacial score (nSPS) is 10.4. The second-order valence-electron chi connectivity index (χ2n) is 3.69. The number of furan rings is 1. The Kier molecular flexibility index (Phi) is 5.60. The molecule has 90 valence electrons. The Morgan fingerprint density at radius 3 is 2.81 bits per heavy atom. The number of carbonyl (C=O) groups excluding carboxylic acids is 1. The lowest BCUT2D eigenvalue weighted by Gasteiger charge is -2.00. The zero-order valence-electron chi connectivity index (χ0n) is 9.72. The molecule has 0 saturated heterocycles. The third-order valence-corrected chi connectivity index (χ3v) is 2.83. The summed E-state index contributed by atoms with van der Waals surface area (Å²) >= 11 is 3.23. The molecule has 0 aromatic carbocycles. The van der Waals surface area contributed by atoms with Gasteiger partial charge in [0.1, 0.15) is 11.3 Å². The standard InChI is InChI=1S/C12H17BrO3/c1-3-4-5-6-7-10-9(12(14)15-2)8-11(13)16-10/h8H,3-7H2,1-2H3. The molecule has 1 aromatic heterocycles. The Morgan fingerprint density at radius 2 is 2.19 bits per heavy atom. The molecule has 16 heavy (non-hydrogen) atoms. The second-order valence-corrected chi connectivity index (χ2v) is 4.47. The molecular formula is C12H17BrO3. The molecule has 1 rings (SSSR count). The molecule has 1 heterocycles. The molecule has 0 fully saturated rings. The van der Waals surface area contributed by atoms with E-state index >= 15 is 0 Å². The third kappa shape index (κ3) is 3.67. The number of rotatable bonds is 6. The molecule has 0 aliphatic carbocycles. The summed E-state index contributed by atoms with van der Waals surface area (Å²) in [4.78, 5) is 11.4. The van der Waals surface area contributed by atoms with Gasteiger partial charge in [-0.2, -0.15) is 0 Å². The first-order valence-corrected chi connectivity index (χ1v) is 6.34. The van der Waals surface area contributed by atoms with E-state index in [1.807, 2.05) is 0 Å². The van der Waals surface area contributed by atoms with Gasteiger partial charge in [0, 0.05) is 12.5 Å². The fraction of sp³-hybridized carbons (Fsp3) is 0.583. The summed E-state index contributed by atoms with van der Waals surface area (Å²) in [6, 6.07) is 1.67. The van der Waals surface area contributed by atoms with Crippen LogP contribution in [0.3, 0.4) is 0 Å². The molecule has 0 amide bonds. The average molecular weight is 289 g/mol. The van der Waals surface area contributed by atoms with Crippen LogP contribution >= 0.6 is 15.9 Å². The number of aryl methyl sites for hydroxylation is 1.